The van der Waals surface area contributed by atoms with Crippen molar-refractivity contribution in [2.45, 2.75) is 43.4 Å². The van der Waals surface area contributed by atoms with Gasteiger partial charge in [0.05, 0.1) is 0 Å². The van der Waals surface area contributed by atoms with Crippen LogP contribution in [0.3, 0.4) is 0 Å². The molecule has 3 rings (SSSR count). The van der Waals surface area contributed by atoms with Gasteiger partial charge in [0.1, 0.15) is 0 Å². The lowest BCUT2D eigenvalue weighted by atomic mass is 9.64. The third kappa shape index (κ3) is 1.50. The van der Waals surface area contributed by atoms with Crippen LogP contribution >= 0.6 is 0 Å². The van der Waals surface area contributed by atoms with Gasteiger partial charge >= 0.3 is 0 Å². The Balaban J connectivity index is 1.93. The Morgan fingerprint density at radius 1 is 1.27 bits per heavy atom. The van der Waals surface area contributed by atoms with Gasteiger partial charge in [0.25, 0.3) is 0 Å². The van der Waals surface area contributed by atoms with E-state index in [4.69, 9.17) is 5.73 Å². The molecule has 0 saturated heterocycles. The van der Waals surface area contributed by atoms with E-state index in [0.717, 1.165) is 12.5 Å². The van der Waals surface area contributed by atoms with Gasteiger partial charge in [0.2, 0.25) is 0 Å². The summed E-state index contributed by atoms with van der Waals surface area (Å²) >= 11 is 0. The smallest absolute Gasteiger partial charge is 0.00756 e. The fourth-order valence-electron chi connectivity index (χ4n) is 2.75. The molecule has 0 spiro atoms. The summed E-state index contributed by atoms with van der Waals surface area (Å²) in [5, 5.41) is 0. The standard InChI is InChI=1S/C14H19N/c15-10-14(7-2-8-14)13-4-1-3-12(9-13)11-5-6-11/h1,3-4,9,11H,2,5-8,10,15H2. The highest BCUT2D eigenvalue weighted by molar-refractivity contribution is 5.35. The van der Waals surface area contributed by atoms with Crippen molar-refractivity contribution in [3.8, 4) is 0 Å². The van der Waals surface area contributed by atoms with Crippen molar-refractivity contribution >= 4 is 0 Å². The van der Waals surface area contributed by atoms with Crippen LogP contribution in [0.1, 0.15) is 49.1 Å². The van der Waals surface area contributed by atoms with E-state index in [1.807, 2.05) is 0 Å². The summed E-state index contributed by atoms with van der Waals surface area (Å²) in [5.41, 5.74) is 9.33. The van der Waals surface area contributed by atoms with Crippen LogP contribution in [0.25, 0.3) is 0 Å². The fourth-order valence-corrected chi connectivity index (χ4v) is 2.75. The summed E-state index contributed by atoms with van der Waals surface area (Å²) in [6.07, 6.45) is 6.71. The summed E-state index contributed by atoms with van der Waals surface area (Å²) in [6.45, 7) is 0.821. The molecule has 15 heavy (non-hydrogen) atoms. The van der Waals surface area contributed by atoms with Crippen molar-refractivity contribution in [2.24, 2.45) is 5.73 Å². The second kappa shape index (κ2) is 3.34. The molecule has 2 fully saturated rings. The third-order valence-corrected chi connectivity index (χ3v) is 4.25. The van der Waals surface area contributed by atoms with Crippen LogP contribution in [0.15, 0.2) is 24.3 Å². The van der Waals surface area contributed by atoms with E-state index in [9.17, 15) is 0 Å². The zero-order valence-corrected chi connectivity index (χ0v) is 9.21. The Hall–Kier alpha value is -0.820. The SMILES string of the molecule is NCC1(c2cccc(C3CC3)c2)CCC1. The normalized spacial score (nSPS) is 23.5. The molecule has 0 aromatic heterocycles. The second-order valence-electron chi connectivity index (χ2n) is 5.24. The van der Waals surface area contributed by atoms with E-state index in [0.29, 0.717) is 5.41 Å². The molecule has 1 aromatic rings. The van der Waals surface area contributed by atoms with Gasteiger partial charge in [0.15, 0.2) is 0 Å². The number of benzene rings is 1. The Morgan fingerprint density at radius 3 is 2.60 bits per heavy atom. The van der Waals surface area contributed by atoms with Crippen LogP contribution in [0.5, 0.6) is 0 Å². The first-order valence-corrected chi connectivity index (χ1v) is 6.15. The van der Waals surface area contributed by atoms with Gasteiger partial charge in [-0.2, -0.15) is 0 Å². The zero-order valence-electron chi connectivity index (χ0n) is 9.21. The lowest BCUT2D eigenvalue weighted by molar-refractivity contribution is 0.253. The van der Waals surface area contributed by atoms with Gasteiger partial charge in [-0.15, -0.1) is 0 Å². The quantitative estimate of drug-likeness (QED) is 0.799. The molecule has 80 valence electrons. The molecule has 0 heterocycles. The summed E-state index contributed by atoms with van der Waals surface area (Å²) in [4.78, 5) is 0. The van der Waals surface area contributed by atoms with Crippen molar-refractivity contribution in [1.29, 1.82) is 0 Å². The van der Waals surface area contributed by atoms with Gasteiger partial charge in [-0.1, -0.05) is 30.7 Å². The van der Waals surface area contributed by atoms with Crippen LogP contribution in [0, 0.1) is 0 Å². The number of nitrogens with two attached hydrogens (primary N) is 1. The average molecular weight is 201 g/mol. The first-order valence-electron chi connectivity index (χ1n) is 6.15. The molecule has 2 N–H and O–H groups in total. The lowest BCUT2D eigenvalue weighted by Gasteiger charge is -2.41. The minimum absolute atomic E-state index is 0.338. The highest BCUT2D eigenvalue weighted by atomic mass is 14.6. The first-order chi connectivity index (χ1) is 7.34. The van der Waals surface area contributed by atoms with Gasteiger partial charge in [0, 0.05) is 12.0 Å². The molecule has 1 nitrogen and oxygen atoms in total. The zero-order chi connectivity index (χ0) is 10.3. The molecule has 0 radical (unpaired) electrons. The van der Waals surface area contributed by atoms with Crippen molar-refractivity contribution in [1.82, 2.24) is 0 Å². The molecule has 2 aliphatic rings. The highest BCUT2D eigenvalue weighted by Gasteiger charge is 2.37. The molecule has 0 bridgehead atoms. The minimum Gasteiger partial charge on any atom is -0.330 e. The maximum Gasteiger partial charge on any atom is 0.00756 e. The van der Waals surface area contributed by atoms with E-state index >= 15 is 0 Å². The molecule has 0 atom stereocenters. The van der Waals surface area contributed by atoms with Crippen LogP contribution in [0.2, 0.25) is 0 Å². The topological polar surface area (TPSA) is 26.0 Å². The van der Waals surface area contributed by atoms with Crippen molar-refractivity contribution < 1.29 is 0 Å². The van der Waals surface area contributed by atoms with Crippen molar-refractivity contribution in [3.63, 3.8) is 0 Å². The Kier molecular flexibility index (Phi) is 2.10. The molecular formula is C14H19N. The van der Waals surface area contributed by atoms with E-state index in [1.54, 1.807) is 5.56 Å². The molecular weight excluding hydrogens is 182 g/mol. The van der Waals surface area contributed by atoms with Crippen LogP contribution in [0.4, 0.5) is 0 Å². The summed E-state index contributed by atoms with van der Waals surface area (Å²) in [7, 11) is 0. The Labute approximate surface area is 91.7 Å². The fraction of sp³-hybridized carbons (Fsp3) is 0.571. The minimum atomic E-state index is 0.338. The van der Waals surface area contributed by atoms with E-state index < -0.39 is 0 Å². The molecule has 1 aromatic carbocycles. The summed E-state index contributed by atoms with van der Waals surface area (Å²) in [6, 6.07) is 9.20. The molecule has 2 aliphatic carbocycles. The Morgan fingerprint density at radius 2 is 2.07 bits per heavy atom. The van der Waals surface area contributed by atoms with Crippen LogP contribution in [-0.2, 0) is 5.41 Å². The Bertz CT molecular complexity index is 356. The predicted octanol–water partition coefficient (Wildman–Crippen LogP) is 2.94. The second-order valence-corrected chi connectivity index (χ2v) is 5.24. The van der Waals surface area contributed by atoms with Gasteiger partial charge < -0.3 is 5.73 Å². The van der Waals surface area contributed by atoms with Crippen molar-refractivity contribution in [2.75, 3.05) is 6.54 Å². The number of hydrogen-bond donors (Lipinski definition) is 1. The maximum absolute atomic E-state index is 5.94. The van der Waals surface area contributed by atoms with Gasteiger partial charge in [-0.3, -0.25) is 0 Å². The summed E-state index contributed by atoms with van der Waals surface area (Å²) < 4.78 is 0. The molecule has 0 unspecified atom stereocenters. The molecule has 1 heteroatoms. The van der Waals surface area contributed by atoms with E-state index in [-0.39, 0.29) is 0 Å². The summed E-state index contributed by atoms with van der Waals surface area (Å²) in [5.74, 6) is 0.861. The predicted molar refractivity (Wildman–Crippen MR) is 63.0 cm³/mol. The largest absolute Gasteiger partial charge is 0.330 e. The monoisotopic (exact) mass is 201 g/mol. The number of rotatable bonds is 3. The van der Waals surface area contributed by atoms with Crippen LogP contribution in [-0.4, -0.2) is 6.54 Å². The van der Waals surface area contributed by atoms with Crippen LogP contribution < -0.4 is 5.73 Å². The van der Waals surface area contributed by atoms with E-state index in [1.165, 1.54) is 37.7 Å². The average Bonchev–Trinajstić information content (AvgIpc) is 3.01. The van der Waals surface area contributed by atoms with Gasteiger partial charge in [-0.25, -0.2) is 0 Å². The number of hydrogen-bond acceptors (Lipinski definition) is 1. The van der Waals surface area contributed by atoms with Gasteiger partial charge in [-0.05, 0) is 42.7 Å². The molecule has 0 amide bonds. The third-order valence-electron chi connectivity index (χ3n) is 4.25. The lowest BCUT2D eigenvalue weighted by Crippen LogP contribution is -2.41. The first kappa shape index (κ1) is 9.41. The molecule has 0 aliphatic heterocycles. The van der Waals surface area contributed by atoms with Crippen molar-refractivity contribution in [3.05, 3.63) is 35.4 Å². The van der Waals surface area contributed by atoms with E-state index in [2.05, 4.69) is 24.3 Å². The maximum atomic E-state index is 5.94. The molecule has 2 saturated carbocycles. The highest BCUT2D eigenvalue weighted by Crippen LogP contribution is 2.45.